The number of rotatable bonds is 4. The molecule has 0 saturated carbocycles. The summed E-state index contributed by atoms with van der Waals surface area (Å²) in [7, 11) is 1.92. The van der Waals surface area contributed by atoms with Gasteiger partial charge in [-0.25, -0.2) is 0 Å². The summed E-state index contributed by atoms with van der Waals surface area (Å²) in [5.74, 6) is -0.280. The Labute approximate surface area is 275 Å². The molecule has 0 unspecified atom stereocenters. The molecule has 5 aromatic rings. The minimum atomic E-state index is -0.500. The second-order valence-electron chi connectivity index (χ2n) is 11.9. The van der Waals surface area contributed by atoms with E-state index in [4.69, 9.17) is 26.4 Å². The normalized spacial score (nSPS) is 12.8. The molecule has 0 radical (unpaired) electrons. The highest BCUT2D eigenvalue weighted by atomic mass is 35.5. The van der Waals surface area contributed by atoms with E-state index < -0.39 is 5.60 Å². The van der Waals surface area contributed by atoms with Crippen LogP contribution in [0.25, 0.3) is 44.9 Å². The number of aromatic hydroxyl groups is 1. The summed E-state index contributed by atoms with van der Waals surface area (Å²) in [4.78, 5) is 21.7. The van der Waals surface area contributed by atoms with Gasteiger partial charge < -0.3 is 14.9 Å². The number of benzene rings is 2. The van der Waals surface area contributed by atoms with Gasteiger partial charge in [0.05, 0.1) is 35.1 Å². The van der Waals surface area contributed by atoms with E-state index in [0.717, 1.165) is 55.7 Å². The molecule has 46 heavy (non-hydrogen) atoms. The maximum absolute atomic E-state index is 12.3. The lowest BCUT2D eigenvalue weighted by molar-refractivity contribution is -0.145. The van der Waals surface area contributed by atoms with E-state index in [1.165, 1.54) is 6.07 Å². The van der Waals surface area contributed by atoms with Crippen molar-refractivity contribution in [3.63, 3.8) is 0 Å². The maximum Gasteiger partial charge on any atom is 0.310 e. The lowest BCUT2D eigenvalue weighted by Crippen LogP contribution is -2.20. The number of aliphatic hydroxyl groups is 1. The molecule has 1 aliphatic heterocycles. The fourth-order valence-electron chi connectivity index (χ4n) is 5.13. The lowest BCUT2D eigenvalue weighted by Gasteiger charge is -2.23. The van der Waals surface area contributed by atoms with Crippen molar-refractivity contribution in [2.75, 3.05) is 0 Å². The molecule has 6 rings (SSSR count). The predicted molar refractivity (Wildman–Crippen MR) is 185 cm³/mol. The second kappa shape index (κ2) is 14.3. The average Bonchev–Trinajstić information content (AvgIpc) is 3.38. The van der Waals surface area contributed by atoms with Gasteiger partial charge in [-0.2, -0.15) is 5.10 Å². The van der Waals surface area contributed by atoms with Crippen LogP contribution in [0.3, 0.4) is 0 Å². The zero-order valence-electron chi connectivity index (χ0n) is 27.6. The van der Waals surface area contributed by atoms with Crippen LogP contribution in [0.2, 0.25) is 5.02 Å². The highest BCUT2D eigenvalue weighted by molar-refractivity contribution is 6.30. The standard InChI is InChI=1S/C31H25ClN4O3.C4H10O.C2H6/c1-17(19-8-9-33-26(12-19)20-4-7-28-21(11-20)15-34-36(28)3)10-24-18(2)35-27-16-39-30(38)14-25(27)31(24)23-6-5-22(32)13-29(23)37;1-4(2,3)5;1-2/h4-13,15,37H,14,16H2,1-3H3;5H,1-3H3;1-2H3/b17-10+;;. The number of halogens is 1. The first-order chi connectivity index (χ1) is 21.8. The molecule has 2 N–H and O–H groups in total. The molecule has 4 heterocycles. The number of carbonyl (C=O) groups is 1. The highest BCUT2D eigenvalue weighted by Gasteiger charge is 2.26. The average molecular weight is 641 g/mol. The number of fused-ring (bicyclic) bond motifs is 2. The zero-order valence-corrected chi connectivity index (χ0v) is 28.4. The van der Waals surface area contributed by atoms with E-state index in [2.05, 4.69) is 28.3 Å². The number of hydrogen-bond acceptors (Lipinski definition) is 7. The minimum Gasteiger partial charge on any atom is -0.507 e. The Balaban J connectivity index is 0.000000628. The SMILES string of the molecule is C/C(=C\c1c(C)nc2c(c1-c1ccc(Cl)cc1O)CC(=O)OC2)c1ccnc(-c2ccc3c(cnn3C)c2)c1.CC.CC(C)(C)O. The van der Waals surface area contributed by atoms with Gasteiger partial charge in [0.15, 0.2) is 0 Å². The van der Waals surface area contributed by atoms with Crippen molar-refractivity contribution in [3.05, 3.63) is 94.0 Å². The molecule has 2 aromatic carbocycles. The maximum atomic E-state index is 12.3. The van der Waals surface area contributed by atoms with Gasteiger partial charge in [-0.05, 0) is 99.9 Å². The molecule has 1 aliphatic rings. The molecule has 8 nitrogen and oxygen atoms in total. The van der Waals surface area contributed by atoms with Crippen LogP contribution in [0, 0.1) is 6.92 Å². The summed E-state index contributed by atoms with van der Waals surface area (Å²) in [5, 5.41) is 25.2. The number of phenols is 1. The number of carbonyl (C=O) groups excluding carboxylic acids is 1. The van der Waals surface area contributed by atoms with E-state index in [-0.39, 0.29) is 24.7 Å². The molecule has 0 bridgehead atoms. The quantitative estimate of drug-likeness (QED) is 0.190. The zero-order chi connectivity index (χ0) is 33.8. The van der Waals surface area contributed by atoms with Crippen molar-refractivity contribution in [1.82, 2.24) is 19.7 Å². The van der Waals surface area contributed by atoms with Gasteiger partial charge in [-0.1, -0.05) is 31.5 Å². The Morgan fingerprint density at radius 3 is 2.50 bits per heavy atom. The van der Waals surface area contributed by atoms with Crippen LogP contribution < -0.4 is 0 Å². The molecule has 0 spiro atoms. The first kappa shape index (κ1) is 34.3. The molecule has 0 atom stereocenters. The van der Waals surface area contributed by atoms with Crippen molar-refractivity contribution < 1.29 is 19.7 Å². The molecule has 0 saturated heterocycles. The van der Waals surface area contributed by atoms with E-state index >= 15 is 0 Å². The van der Waals surface area contributed by atoms with Gasteiger partial charge in [0.25, 0.3) is 0 Å². The molecule has 3 aromatic heterocycles. The van der Waals surface area contributed by atoms with Crippen LogP contribution in [0.4, 0.5) is 0 Å². The smallest absolute Gasteiger partial charge is 0.310 e. The number of aryl methyl sites for hydroxylation is 2. The molecule has 9 heteroatoms. The number of ether oxygens (including phenoxy) is 1. The van der Waals surface area contributed by atoms with Crippen molar-refractivity contribution in [1.29, 1.82) is 0 Å². The third-order valence-electron chi connectivity index (χ3n) is 7.15. The van der Waals surface area contributed by atoms with Crippen molar-refractivity contribution in [2.24, 2.45) is 7.05 Å². The Kier molecular flexibility index (Phi) is 10.7. The number of nitrogens with zero attached hydrogens (tertiary/aromatic N) is 4. The first-order valence-electron chi connectivity index (χ1n) is 15.2. The molecular weight excluding hydrogens is 600 g/mol. The molecule has 0 amide bonds. The lowest BCUT2D eigenvalue weighted by atomic mass is 9.88. The molecule has 0 aliphatic carbocycles. The summed E-state index contributed by atoms with van der Waals surface area (Å²) in [5.41, 5.74) is 8.80. The van der Waals surface area contributed by atoms with Gasteiger partial charge in [0, 0.05) is 51.6 Å². The third-order valence-corrected chi connectivity index (χ3v) is 7.39. The van der Waals surface area contributed by atoms with E-state index in [0.29, 0.717) is 16.3 Å². The van der Waals surface area contributed by atoms with Crippen molar-refractivity contribution in [3.8, 4) is 28.1 Å². The predicted octanol–water partition coefficient (Wildman–Crippen LogP) is 8.33. The van der Waals surface area contributed by atoms with Gasteiger partial charge in [-0.3, -0.25) is 19.4 Å². The number of cyclic esters (lactones) is 1. The van der Waals surface area contributed by atoms with Crippen LogP contribution in [0.5, 0.6) is 5.75 Å². The number of hydrogen-bond donors (Lipinski definition) is 2. The van der Waals surface area contributed by atoms with Gasteiger partial charge in [0.2, 0.25) is 0 Å². The van der Waals surface area contributed by atoms with Gasteiger partial charge in [-0.15, -0.1) is 0 Å². The van der Waals surface area contributed by atoms with Crippen LogP contribution in [0.1, 0.15) is 69.6 Å². The number of aromatic nitrogens is 4. The Morgan fingerprint density at radius 1 is 1.09 bits per heavy atom. The van der Waals surface area contributed by atoms with Crippen LogP contribution in [-0.4, -0.2) is 41.5 Å². The summed E-state index contributed by atoms with van der Waals surface area (Å²) in [6, 6.07) is 15.2. The van der Waals surface area contributed by atoms with Crippen molar-refractivity contribution >= 4 is 40.1 Å². The van der Waals surface area contributed by atoms with Crippen LogP contribution >= 0.6 is 11.6 Å². The molecular formula is C37H41ClN4O4. The number of esters is 1. The second-order valence-corrected chi connectivity index (χ2v) is 12.3. The number of allylic oxidation sites excluding steroid dienone is 1. The topological polar surface area (TPSA) is 110 Å². The van der Waals surface area contributed by atoms with Gasteiger partial charge >= 0.3 is 5.97 Å². The minimum absolute atomic E-state index is 0.0403. The Hall–Kier alpha value is -4.53. The number of pyridine rings is 2. The van der Waals surface area contributed by atoms with Gasteiger partial charge in [0.1, 0.15) is 12.4 Å². The van der Waals surface area contributed by atoms with E-state index in [1.807, 2.05) is 63.8 Å². The Bertz CT molecular complexity index is 1920. The summed E-state index contributed by atoms with van der Waals surface area (Å²) >= 11 is 6.14. The molecule has 240 valence electrons. The largest absolute Gasteiger partial charge is 0.507 e. The van der Waals surface area contributed by atoms with Crippen molar-refractivity contribution in [2.45, 2.75) is 67.1 Å². The third kappa shape index (κ3) is 8.00. The van der Waals surface area contributed by atoms with Crippen LogP contribution in [0.15, 0.2) is 60.9 Å². The summed E-state index contributed by atoms with van der Waals surface area (Å²) < 4.78 is 7.11. The Morgan fingerprint density at radius 2 is 1.80 bits per heavy atom. The monoisotopic (exact) mass is 640 g/mol. The van der Waals surface area contributed by atoms with Crippen LogP contribution in [-0.2, 0) is 29.6 Å². The summed E-state index contributed by atoms with van der Waals surface area (Å²) in [6.45, 7) is 13.3. The highest BCUT2D eigenvalue weighted by Crippen LogP contribution is 2.41. The fraction of sp³-hybridized carbons (Fsp3) is 0.297. The first-order valence-corrected chi connectivity index (χ1v) is 15.6. The molecule has 0 fully saturated rings. The fourth-order valence-corrected chi connectivity index (χ4v) is 5.30. The van der Waals surface area contributed by atoms with E-state index in [1.54, 1.807) is 39.1 Å². The summed E-state index contributed by atoms with van der Waals surface area (Å²) in [6.07, 6.45) is 5.78. The number of phenolic OH excluding ortho intramolecular Hbond substituents is 1. The van der Waals surface area contributed by atoms with E-state index in [9.17, 15) is 9.90 Å².